The fraction of sp³-hybridized carbons (Fsp3) is 0.368. The molecule has 0 amide bonds. The molecule has 1 atom stereocenters. The van der Waals surface area contributed by atoms with Crippen molar-refractivity contribution in [2.75, 3.05) is 20.7 Å². The fourth-order valence-electron chi connectivity index (χ4n) is 2.75. The molecular formula is C19H25NO. The van der Waals surface area contributed by atoms with Crippen molar-refractivity contribution in [3.05, 3.63) is 65.2 Å². The first-order chi connectivity index (χ1) is 10.2. The molecule has 0 heterocycles. The molecule has 0 aliphatic rings. The number of nitrogens with one attached hydrogen (secondary N) is 1. The molecule has 2 rings (SSSR count). The van der Waals surface area contributed by atoms with Gasteiger partial charge in [0.25, 0.3) is 0 Å². The van der Waals surface area contributed by atoms with Gasteiger partial charge in [-0.2, -0.15) is 0 Å². The Morgan fingerprint density at radius 3 is 2.33 bits per heavy atom. The second-order valence-corrected chi connectivity index (χ2v) is 5.61. The lowest BCUT2D eigenvalue weighted by atomic mass is 9.90. The lowest BCUT2D eigenvalue weighted by Crippen LogP contribution is -2.23. The van der Waals surface area contributed by atoms with E-state index in [2.05, 4.69) is 48.6 Å². The standard InChI is InChI=1S/C19H25NO/c1-15-6-4-5-7-18(15)13-17(14-20-2)12-16-8-10-19(21-3)11-9-16/h4-11,17,20H,12-14H2,1-3H3. The van der Waals surface area contributed by atoms with E-state index in [9.17, 15) is 0 Å². The quantitative estimate of drug-likeness (QED) is 0.838. The smallest absolute Gasteiger partial charge is 0.118 e. The molecule has 0 aliphatic carbocycles. The van der Waals surface area contributed by atoms with Crippen molar-refractivity contribution in [1.29, 1.82) is 0 Å². The van der Waals surface area contributed by atoms with Crippen LogP contribution < -0.4 is 10.1 Å². The van der Waals surface area contributed by atoms with Gasteiger partial charge < -0.3 is 10.1 Å². The number of methoxy groups -OCH3 is 1. The summed E-state index contributed by atoms with van der Waals surface area (Å²) in [5.74, 6) is 1.52. The fourth-order valence-corrected chi connectivity index (χ4v) is 2.75. The van der Waals surface area contributed by atoms with Crippen LogP contribution in [0.15, 0.2) is 48.5 Å². The number of hydrogen-bond donors (Lipinski definition) is 1. The van der Waals surface area contributed by atoms with Crippen molar-refractivity contribution >= 4 is 0 Å². The SMILES string of the molecule is CNCC(Cc1ccc(OC)cc1)Cc1ccccc1C. The monoisotopic (exact) mass is 283 g/mol. The first kappa shape index (κ1) is 15.6. The van der Waals surface area contributed by atoms with E-state index in [0.717, 1.165) is 25.1 Å². The number of ether oxygens (including phenoxy) is 1. The van der Waals surface area contributed by atoms with Crippen LogP contribution in [0.3, 0.4) is 0 Å². The van der Waals surface area contributed by atoms with Crippen molar-refractivity contribution in [3.8, 4) is 5.75 Å². The highest BCUT2D eigenvalue weighted by atomic mass is 16.5. The molecule has 0 aliphatic heterocycles. The van der Waals surface area contributed by atoms with Crippen LogP contribution in [0.5, 0.6) is 5.75 Å². The molecule has 2 aromatic rings. The van der Waals surface area contributed by atoms with Crippen LogP contribution in [0, 0.1) is 12.8 Å². The average Bonchev–Trinajstić information content (AvgIpc) is 2.50. The van der Waals surface area contributed by atoms with Crippen LogP contribution in [0.25, 0.3) is 0 Å². The molecule has 2 heteroatoms. The zero-order valence-corrected chi connectivity index (χ0v) is 13.2. The normalized spacial score (nSPS) is 12.1. The highest BCUT2D eigenvalue weighted by molar-refractivity contribution is 5.29. The van der Waals surface area contributed by atoms with E-state index in [1.54, 1.807) is 7.11 Å². The molecule has 0 bridgehead atoms. The molecule has 112 valence electrons. The lowest BCUT2D eigenvalue weighted by molar-refractivity contribution is 0.414. The van der Waals surface area contributed by atoms with E-state index in [4.69, 9.17) is 4.74 Å². The minimum atomic E-state index is 0.601. The van der Waals surface area contributed by atoms with Crippen molar-refractivity contribution < 1.29 is 4.74 Å². The Morgan fingerprint density at radius 2 is 1.71 bits per heavy atom. The van der Waals surface area contributed by atoms with Crippen LogP contribution in [0.2, 0.25) is 0 Å². The van der Waals surface area contributed by atoms with Crippen molar-refractivity contribution in [1.82, 2.24) is 5.32 Å². The second kappa shape index (κ2) is 7.84. The Balaban J connectivity index is 2.06. The largest absolute Gasteiger partial charge is 0.497 e. The highest BCUT2D eigenvalue weighted by Crippen LogP contribution is 2.19. The van der Waals surface area contributed by atoms with E-state index in [0.29, 0.717) is 5.92 Å². The summed E-state index contributed by atoms with van der Waals surface area (Å²) in [7, 11) is 3.73. The lowest BCUT2D eigenvalue weighted by Gasteiger charge is -2.18. The average molecular weight is 283 g/mol. The summed E-state index contributed by atoms with van der Waals surface area (Å²) in [5, 5.41) is 3.33. The predicted molar refractivity (Wildman–Crippen MR) is 89.0 cm³/mol. The van der Waals surface area contributed by atoms with Crippen LogP contribution in [-0.2, 0) is 12.8 Å². The highest BCUT2D eigenvalue weighted by Gasteiger charge is 2.11. The third-order valence-corrected chi connectivity index (χ3v) is 3.95. The van der Waals surface area contributed by atoms with Gasteiger partial charge in [0.2, 0.25) is 0 Å². The van der Waals surface area contributed by atoms with Gasteiger partial charge in [0, 0.05) is 0 Å². The first-order valence-corrected chi connectivity index (χ1v) is 7.55. The Morgan fingerprint density at radius 1 is 1.00 bits per heavy atom. The van der Waals surface area contributed by atoms with Gasteiger partial charge in [-0.15, -0.1) is 0 Å². The molecular weight excluding hydrogens is 258 g/mol. The third-order valence-electron chi connectivity index (χ3n) is 3.95. The summed E-state index contributed by atoms with van der Waals surface area (Å²) < 4.78 is 5.22. The molecule has 0 spiro atoms. The summed E-state index contributed by atoms with van der Waals surface area (Å²) in [6.07, 6.45) is 2.19. The number of hydrogen-bond acceptors (Lipinski definition) is 2. The van der Waals surface area contributed by atoms with E-state index in [-0.39, 0.29) is 0 Å². The maximum atomic E-state index is 5.22. The molecule has 1 N–H and O–H groups in total. The second-order valence-electron chi connectivity index (χ2n) is 5.61. The van der Waals surface area contributed by atoms with E-state index < -0.39 is 0 Å². The Labute approximate surface area is 128 Å². The van der Waals surface area contributed by atoms with Gasteiger partial charge in [-0.25, -0.2) is 0 Å². The maximum absolute atomic E-state index is 5.22. The van der Waals surface area contributed by atoms with Gasteiger partial charge in [0.05, 0.1) is 7.11 Å². The molecule has 1 unspecified atom stereocenters. The third kappa shape index (κ3) is 4.61. The zero-order chi connectivity index (χ0) is 15.1. The minimum absolute atomic E-state index is 0.601. The van der Waals surface area contributed by atoms with Gasteiger partial charge in [-0.05, 0) is 68.1 Å². The number of benzene rings is 2. The van der Waals surface area contributed by atoms with Crippen molar-refractivity contribution in [2.24, 2.45) is 5.92 Å². The maximum Gasteiger partial charge on any atom is 0.118 e. The molecule has 0 aromatic heterocycles. The molecule has 0 saturated carbocycles. The number of aryl methyl sites for hydroxylation is 1. The van der Waals surface area contributed by atoms with E-state index in [1.165, 1.54) is 16.7 Å². The molecule has 21 heavy (non-hydrogen) atoms. The molecule has 2 nitrogen and oxygen atoms in total. The minimum Gasteiger partial charge on any atom is -0.497 e. The summed E-state index contributed by atoms with van der Waals surface area (Å²) >= 11 is 0. The summed E-state index contributed by atoms with van der Waals surface area (Å²) in [6, 6.07) is 17.1. The number of rotatable bonds is 7. The Kier molecular flexibility index (Phi) is 5.82. The molecule has 0 fully saturated rings. The van der Waals surface area contributed by atoms with Gasteiger partial charge in [-0.1, -0.05) is 36.4 Å². The first-order valence-electron chi connectivity index (χ1n) is 7.55. The molecule has 0 saturated heterocycles. The summed E-state index contributed by atoms with van der Waals surface area (Å²) in [6.45, 7) is 3.22. The topological polar surface area (TPSA) is 21.3 Å². The zero-order valence-electron chi connectivity index (χ0n) is 13.2. The predicted octanol–water partition coefficient (Wildman–Crippen LogP) is 3.62. The van der Waals surface area contributed by atoms with E-state index in [1.807, 2.05) is 19.2 Å². The van der Waals surface area contributed by atoms with Crippen LogP contribution in [-0.4, -0.2) is 20.7 Å². The van der Waals surface area contributed by atoms with Crippen molar-refractivity contribution in [2.45, 2.75) is 19.8 Å². The Bertz CT molecular complexity index is 548. The Hall–Kier alpha value is -1.80. The summed E-state index contributed by atoms with van der Waals surface area (Å²) in [5.41, 5.74) is 4.20. The van der Waals surface area contributed by atoms with Crippen LogP contribution >= 0.6 is 0 Å². The van der Waals surface area contributed by atoms with Gasteiger partial charge in [-0.3, -0.25) is 0 Å². The molecule has 0 radical (unpaired) electrons. The van der Waals surface area contributed by atoms with Gasteiger partial charge >= 0.3 is 0 Å². The van der Waals surface area contributed by atoms with E-state index >= 15 is 0 Å². The van der Waals surface area contributed by atoms with Crippen LogP contribution in [0.1, 0.15) is 16.7 Å². The van der Waals surface area contributed by atoms with Gasteiger partial charge in [0.1, 0.15) is 5.75 Å². The molecule has 2 aromatic carbocycles. The van der Waals surface area contributed by atoms with Crippen molar-refractivity contribution in [3.63, 3.8) is 0 Å². The van der Waals surface area contributed by atoms with Crippen LogP contribution in [0.4, 0.5) is 0 Å². The van der Waals surface area contributed by atoms with Gasteiger partial charge in [0.15, 0.2) is 0 Å². The summed E-state index contributed by atoms with van der Waals surface area (Å²) in [4.78, 5) is 0.